The number of amides is 1. The molecule has 0 fully saturated rings. The zero-order chi connectivity index (χ0) is 23.5. The summed E-state index contributed by atoms with van der Waals surface area (Å²) in [5.41, 5.74) is 1.22. The first-order valence-corrected chi connectivity index (χ1v) is 11.4. The summed E-state index contributed by atoms with van der Waals surface area (Å²) in [5, 5.41) is 12.5. The number of hydrogen-bond acceptors (Lipinski definition) is 7. The number of nitrogens with one attached hydrogen (secondary N) is 1. The summed E-state index contributed by atoms with van der Waals surface area (Å²) in [7, 11) is 3.10. The Morgan fingerprint density at radius 3 is 2.58 bits per heavy atom. The van der Waals surface area contributed by atoms with Gasteiger partial charge < -0.3 is 14.8 Å². The molecule has 0 bridgehead atoms. The van der Waals surface area contributed by atoms with Crippen molar-refractivity contribution in [2.24, 2.45) is 5.92 Å². The SMILES string of the molecule is COc1ccc(NC(=O)CSc2nnc3n(CC(C)C)c(=O)c4ccccc4n23)cc1OC. The molecule has 0 spiro atoms. The topological polar surface area (TPSA) is 99.7 Å². The summed E-state index contributed by atoms with van der Waals surface area (Å²) in [6.07, 6.45) is 0. The van der Waals surface area contributed by atoms with Crippen molar-refractivity contribution in [3.05, 3.63) is 52.8 Å². The number of anilines is 1. The Balaban J connectivity index is 1.61. The van der Waals surface area contributed by atoms with Crippen LogP contribution < -0.4 is 20.3 Å². The molecule has 0 saturated heterocycles. The lowest BCUT2D eigenvalue weighted by Crippen LogP contribution is -2.25. The number of carbonyl (C=O) groups excluding carboxylic acids is 1. The lowest BCUT2D eigenvalue weighted by Gasteiger charge is -2.13. The molecule has 2 heterocycles. The highest BCUT2D eigenvalue weighted by molar-refractivity contribution is 7.99. The van der Waals surface area contributed by atoms with Gasteiger partial charge in [-0.15, -0.1) is 10.2 Å². The molecule has 0 radical (unpaired) electrons. The van der Waals surface area contributed by atoms with Crippen molar-refractivity contribution in [1.82, 2.24) is 19.2 Å². The van der Waals surface area contributed by atoms with Gasteiger partial charge in [-0.1, -0.05) is 37.7 Å². The number of hydrogen-bond donors (Lipinski definition) is 1. The van der Waals surface area contributed by atoms with Gasteiger partial charge in [0.25, 0.3) is 5.56 Å². The molecule has 0 aliphatic heterocycles. The Morgan fingerprint density at radius 2 is 1.85 bits per heavy atom. The molecule has 9 nitrogen and oxygen atoms in total. The number of para-hydroxylation sites is 1. The molecule has 4 rings (SSSR count). The molecule has 1 amide bonds. The molecule has 0 atom stereocenters. The molecule has 10 heteroatoms. The van der Waals surface area contributed by atoms with Gasteiger partial charge in [0.15, 0.2) is 16.7 Å². The molecular formula is C23H25N5O4S. The van der Waals surface area contributed by atoms with Crippen LogP contribution in [0, 0.1) is 5.92 Å². The van der Waals surface area contributed by atoms with Crippen LogP contribution in [0.2, 0.25) is 0 Å². The second-order valence-corrected chi connectivity index (χ2v) is 8.79. The number of benzene rings is 2. The lowest BCUT2D eigenvalue weighted by molar-refractivity contribution is -0.113. The number of ether oxygens (including phenoxy) is 2. The van der Waals surface area contributed by atoms with Crippen molar-refractivity contribution in [2.75, 3.05) is 25.3 Å². The third-order valence-electron chi connectivity index (χ3n) is 5.03. The summed E-state index contributed by atoms with van der Waals surface area (Å²) in [6.45, 7) is 4.61. The summed E-state index contributed by atoms with van der Waals surface area (Å²) in [6, 6.07) is 12.5. The highest BCUT2D eigenvalue weighted by Crippen LogP contribution is 2.30. The molecule has 2 aromatic heterocycles. The van der Waals surface area contributed by atoms with Crippen LogP contribution >= 0.6 is 11.8 Å². The molecular weight excluding hydrogens is 442 g/mol. The van der Waals surface area contributed by atoms with Crippen molar-refractivity contribution < 1.29 is 14.3 Å². The van der Waals surface area contributed by atoms with Gasteiger partial charge in [0.05, 0.1) is 30.9 Å². The van der Waals surface area contributed by atoms with E-state index in [-0.39, 0.29) is 23.1 Å². The lowest BCUT2D eigenvalue weighted by atomic mass is 10.2. The Labute approximate surface area is 194 Å². The molecule has 0 saturated carbocycles. The van der Waals surface area contributed by atoms with E-state index in [1.165, 1.54) is 11.8 Å². The van der Waals surface area contributed by atoms with E-state index in [9.17, 15) is 9.59 Å². The van der Waals surface area contributed by atoms with E-state index >= 15 is 0 Å². The van der Waals surface area contributed by atoms with E-state index in [0.717, 1.165) is 0 Å². The Hall–Kier alpha value is -3.53. The zero-order valence-corrected chi connectivity index (χ0v) is 19.7. The summed E-state index contributed by atoms with van der Waals surface area (Å²) in [5.74, 6) is 1.75. The first-order chi connectivity index (χ1) is 15.9. The van der Waals surface area contributed by atoms with Crippen LogP contribution in [-0.2, 0) is 11.3 Å². The highest BCUT2D eigenvalue weighted by Gasteiger charge is 2.18. The van der Waals surface area contributed by atoms with Gasteiger partial charge in [-0.2, -0.15) is 0 Å². The van der Waals surface area contributed by atoms with E-state index < -0.39 is 0 Å². The van der Waals surface area contributed by atoms with Crippen LogP contribution in [-0.4, -0.2) is 45.0 Å². The minimum Gasteiger partial charge on any atom is -0.493 e. The second kappa shape index (κ2) is 9.53. The normalized spacial score (nSPS) is 11.3. The third-order valence-corrected chi connectivity index (χ3v) is 5.95. The van der Waals surface area contributed by atoms with Crippen molar-refractivity contribution in [1.29, 1.82) is 0 Å². The van der Waals surface area contributed by atoms with E-state index in [4.69, 9.17) is 9.47 Å². The van der Waals surface area contributed by atoms with Gasteiger partial charge in [0, 0.05) is 18.3 Å². The number of nitrogens with zero attached hydrogens (tertiary/aromatic N) is 4. The van der Waals surface area contributed by atoms with Gasteiger partial charge in [-0.3, -0.25) is 18.6 Å². The van der Waals surface area contributed by atoms with Crippen LogP contribution in [0.5, 0.6) is 11.5 Å². The van der Waals surface area contributed by atoms with Crippen molar-refractivity contribution in [3.63, 3.8) is 0 Å². The second-order valence-electron chi connectivity index (χ2n) is 7.85. The Kier molecular flexibility index (Phi) is 6.55. The maximum atomic E-state index is 13.0. The van der Waals surface area contributed by atoms with Crippen LogP contribution in [0.25, 0.3) is 16.7 Å². The number of methoxy groups -OCH3 is 2. The molecule has 0 unspecified atom stereocenters. The van der Waals surface area contributed by atoms with E-state index in [2.05, 4.69) is 15.5 Å². The zero-order valence-electron chi connectivity index (χ0n) is 18.9. The van der Waals surface area contributed by atoms with Crippen molar-refractivity contribution >= 4 is 40.0 Å². The average molecular weight is 468 g/mol. The summed E-state index contributed by atoms with van der Waals surface area (Å²) < 4.78 is 14.0. The molecule has 0 aliphatic carbocycles. The maximum absolute atomic E-state index is 13.0. The minimum absolute atomic E-state index is 0.0954. The Bertz CT molecular complexity index is 1380. The fraction of sp³-hybridized carbons (Fsp3) is 0.304. The van der Waals surface area contributed by atoms with Gasteiger partial charge in [0.2, 0.25) is 11.7 Å². The van der Waals surface area contributed by atoms with Crippen molar-refractivity contribution in [3.8, 4) is 11.5 Å². The molecule has 2 aromatic carbocycles. The van der Waals surface area contributed by atoms with E-state index in [0.29, 0.717) is 45.6 Å². The fourth-order valence-electron chi connectivity index (χ4n) is 3.60. The first-order valence-electron chi connectivity index (χ1n) is 10.4. The number of rotatable bonds is 8. The monoisotopic (exact) mass is 467 g/mol. The molecule has 33 heavy (non-hydrogen) atoms. The Morgan fingerprint density at radius 1 is 1.09 bits per heavy atom. The van der Waals surface area contributed by atoms with Crippen molar-refractivity contribution in [2.45, 2.75) is 25.5 Å². The van der Waals surface area contributed by atoms with Gasteiger partial charge in [0.1, 0.15) is 0 Å². The van der Waals surface area contributed by atoms with Crippen LogP contribution in [0.15, 0.2) is 52.4 Å². The van der Waals surface area contributed by atoms with Crippen LogP contribution in [0.4, 0.5) is 5.69 Å². The van der Waals surface area contributed by atoms with Gasteiger partial charge >= 0.3 is 0 Å². The van der Waals surface area contributed by atoms with E-state index in [1.807, 2.05) is 36.4 Å². The molecule has 0 aliphatic rings. The average Bonchev–Trinajstić information content (AvgIpc) is 3.24. The highest BCUT2D eigenvalue weighted by atomic mass is 32.2. The van der Waals surface area contributed by atoms with E-state index in [1.54, 1.807) is 43.1 Å². The predicted molar refractivity (Wildman–Crippen MR) is 128 cm³/mol. The van der Waals surface area contributed by atoms with Crippen LogP contribution in [0.1, 0.15) is 13.8 Å². The van der Waals surface area contributed by atoms with Gasteiger partial charge in [-0.25, -0.2) is 0 Å². The summed E-state index contributed by atoms with van der Waals surface area (Å²) in [4.78, 5) is 25.7. The molecule has 1 N–H and O–H groups in total. The minimum atomic E-state index is -0.205. The number of carbonyl (C=O) groups is 1. The number of fused-ring (bicyclic) bond motifs is 3. The first kappa shape index (κ1) is 22.7. The quantitative estimate of drug-likeness (QED) is 0.396. The number of aromatic nitrogens is 4. The largest absolute Gasteiger partial charge is 0.493 e. The predicted octanol–water partition coefficient (Wildman–Crippen LogP) is 3.45. The number of thioether (sulfide) groups is 1. The fourth-order valence-corrected chi connectivity index (χ4v) is 4.34. The summed E-state index contributed by atoms with van der Waals surface area (Å²) >= 11 is 1.26. The maximum Gasteiger partial charge on any atom is 0.262 e. The standard InChI is InChI=1S/C23H25N5O4S/c1-14(2)12-27-21(30)16-7-5-6-8-17(16)28-22(27)25-26-23(28)33-13-20(29)24-15-9-10-18(31-3)19(11-15)32-4/h5-11,14H,12-13H2,1-4H3,(H,24,29). The van der Waals surface area contributed by atoms with Gasteiger partial charge in [-0.05, 0) is 30.2 Å². The molecule has 4 aromatic rings. The van der Waals surface area contributed by atoms with Crippen LogP contribution in [0.3, 0.4) is 0 Å². The third kappa shape index (κ3) is 4.51. The molecule has 172 valence electrons. The smallest absolute Gasteiger partial charge is 0.262 e.